The SMILES string of the molecule is CCNC(Cc1ccc(OC)c(Br)c1)CC1(OC)CCC1. The largest absolute Gasteiger partial charge is 0.496 e. The van der Waals surface area contributed by atoms with Gasteiger partial charge in [0.1, 0.15) is 5.75 Å². The lowest BCUT2D eigenvalue weighted by molar-refractivity contribution is -0.0833. The van der Waals surface area contributed by atoms with Gasteiger partial charge in [-0.05, 0) is 72.3 Å². The minimum absolute atomic E-state index is 0.108. The van der Waals surface area contributed by atoms with Crippen LogP contribution in [-0.2, 0) is 11.2 Å². The van der Waals surface area contributed by atoms with Crippen molar-refractivity contribution in [1.29, 1.82) is 0 Å². The van der Waals surface area contributed by atoms with Crippen LogP contribution < -0.4 is 10.1 Å². The van der Waals surface area contributed by atoms with E-state index in [1.165, 1.54) is 24.8 Å². The van der Waals surface area contributed by atoms with Crippen molar-refractivity contribution in [2.24, 2.45) is 0 Å². The molecular formula is C17H26BrNO2. The molecule has 0 radical (unpaired) electrons. The summed E-state index contributed by atoms with van der Waals surface area (Å²) in [5.74, 6) is 0.881. The average molecular weight is 356 g/mol. The van der Waals surface area contributed by atoms with Gasteiger partial charge in [-0.15, -0.1) is 0 Å². The van der Waals surface area contributed by atoms with Crippen LogP contribution in [0.2, 0.25) is 0 Å². The number of hydrogen-bond acceptors (Lipinski definition) is 3. The van der Waals surface area contributed by atoms with Gasteiger partial charge in [0.05, 0.1) is 17.2 Å². The van der Waals surface area contributed by atoms with E-state index in [1.807, 2.05) is 13.2 Å². The smallest absolute Gasteiger partial charge is 0.133 e. The summed E-state index contributed by atoms with van der Waals surface area (Å²) >= 11 is 3.57. The number of benzene rings is 1. The highest BCUT2D eigenvalue weighted by Gasteiger charge is 2.38. The minimum Gasteiger partial charge on any atom is -0.496 e. The molecule has 1 aliphatic rings. The van der Waals surface area contributed by atoms with Gasteiger partial charge < -0.3 is 14.8 Å². The Morgan fingerprint density at radius 2 is 2.10 bits per heavy atom. The van der Waals surface area contributed by atoms with Crippen molar-refractivity contribution in [2.45, 2.75) is 50.7 Å². The second-order valence-electron chi connectivity index (χ2n) is 5.87. The van der Waals surface area contributed by atoms with E-state index in [2.05, 4.69) is 40.3 Å². The Balaban J connectivity index is 2.03. The lowest BCUT2D eigenvalue weighted by Gasteiger charge is -2.43. The number of ether oxygens (including phenoxy) is 2. The number of hydrogen-bond donors (Lipinski definition) is 1. The van der Waals surface area contributed by atoms with Crippen molar-refractivity contribution in [1.82, 2.24) is 5.32 Å². The highest BCUT2D eigenvalue weighted by Crippen LogP contribution is 2.39. The van der Waals surface area contributed by atoms with E-state index in [0.29, 0.717) is 6.04 Å². The van der Waals surface area contributed by atoms with E-state index in [9.17, 15) is 0 Å². The molecule has 1 unspecified atom stereocenters. The zero-order valence-corrected chi connectivity index (χ0v) is 14.8. The lowest BCUT2D eigenvalue weighted by Crippen LogP contribution is -2.46. The van der Waals surface area contributed by atoms with E-state index in [1.54, 1.807) is 7.11 Å². The standard InChI is InChI=1S/C17H26BrNO2/c1-4-19-14(12-17(21-3)8-5-9-17)10-13-6-7-16(20-2)15(18)11-13/h6-7,11,14,19H,4-5,8-10,12H2,1-3H3. The molecule has 0 amide bonds. The van der Waals surface area contributed by atoms with Gasteiger partial charge in [-0.25, -0.2) is 0 Å². The fourth-order valence-corrected chi connectivity index (χ4v) is 3.73. The van der Waals surface area contributed by atoms with Crippen LogP contribution >= 0.6 is 15.9 Å². The molecule has 2 rings (SSSR count). The molecule has 0 aliphatic heterocycles. The molecule has 0 spiro atoms. The molecule has 4 heteroatoms. The summed E-state index contributed by atoms with van der Waals surface area (Å²) in [6.45, 7) is 3.15. The highest BCUT2D eigenvalue weighted by molar-refractivity contribution is 9.10. The Labute approximate surface area is 136 Å². The average Bonchev–Trinajstić information content (AvgIpc) is 2.43. The minimum atomic E-state index is 0.108. The third kappa shape index (κ3) is 4.21. The maximum absolute atomic E-state index is 5.78. The van der Waals surface area contributed by atoms with Crippen molar-refractivity contribution < 1.29 is 9.47 Å². The van der Waals surface area contributed by atoms with E-state index in [4.69, 9.17) is 9.47 Å². The van der Waals surface area contributed by atoms with Crippen LogP contribution in [0, 0.1) is 0 Å². The number of methoxy groups -OCH3 is 2. The van der Waals surface area contributed by atoms with Gasteiger partial charge in [0.15, 0.2) is 0 Å². The molecule has 21 heavy (non-hydrogen) atoms. The van der Waals surface area contributed by atoms with E-state index in [0.717, 1.165) is 29.6 Å². The maximum Gasteiger partial charge on any atom is 0.133 e. The molecule has 1 aromatic rings. The molecule has 1 atom stereocenters. The number of likely N-dealkylation sites (N-methyl/N-ethyl adjacent to an activating group) is 1. The van der Waals surface area contributed by atoms with E-state index < -0.39 is 0 Å². The van der Waals surface area contributed by atoms with Crippen LogP contribution in [0.25, 0.3) is 0 Å². The van der Waals surface area contributed by atoms with Crippen LogP contribution in [0.3, 0.4) is 0 Å². The maximum atomic E-state index is 5.78. The third-order valence-electron chi connectivity index (χ3n) is 4.51. The molecular weight excluding hydrogens is 330 g/mol. The summed E-state index contributed by atoms with van der Waals surface area (Å²) in [6.07, 6.45) is 5.78. The number of rotatable bonds is 8. The molecule has 1 fully saturated rings. The molecule has 1 N–H and O–H groups in total. The predicted molar refractivity (Wildman–Crippen MR) is 90.1 cm³/mol. The fraction of sp³-hybridized carbons (Fsp3) is 0.647. The monoisotopic (exact) mass is 355 g/mol. The van der Waals surface area contributed by atoms with Gasteiger partial charge in [0, 0.05) is 13.2 Å². The Morgan fingerprint density at radius 3 is 2.57 bits per heavy atom. The van der Waals surface area contributed by atoms with Crippen LogP contribution in [0.4, 0.5) is 0 Å². The second-order valence-corrected chi connectivity index (χ2v) is 6.73. The third-order valence-corrected chi connectivity index (χ3v) is 5.13. The first kappa shape index (κ1) is 16.8. The van der Waals surface area contributed by atoms with E-state index in [-0.39, 0.29) is 5.60 Å². The lowest BCUT2D eigenvalue weighted by atomic mass is 9.75. The topological polar surface area (TPSA) is 30.5 Å². The number of nitrogens with one attached hydrogen (secondary N) is 1. The molecule has 1 aromatic carbocycles. The molecule has 0 saturated heterocycles. The molecule has 0 aromatic heterocycles. The second kappa shape index (κ2) is 7.61. The first-order valence-electron chi connectivity index (χ1n) is 7.73. The first-order chi connectivity index (χ1) is 10.1. The summed E-state index contributed by atoms with van der Waals surface area (Å²) < 4.78 is 12.1. The van der Waals surface area contributed by atoms with Crippen molar-refractivity contribution >= 4 is 15.9 Å². The van der Waals surface area contributed by atoms with Gasteiger partial charge >= 0.3 is 0 Å². The van der Waals surface area contributed by atoms with E-state index >= 15 is 0 Å². The van der Waals surface area contributed by atoms with Crippen LogP contribution in [0.5, 0.6) is 5.75 Å². The summed E-state index contributed by atoms with van der Waals surface area (Å²) in [5.41, 5.74) is 1.43. The molecule has 0 bridgehead atoms. The fourth-order valence-electron chi connectivity index (χ4n) is 3.14. The van der Waals surface area contributed by atoms with Crippen molar-refractivity contribution in [3.05, 3.63) is 28.2 Å². The van der Waals surface area contributed by atoms with Crippen LogP contribution in [0.1, 0.15) is 38.2 Å². The normalized spacial score (nSPS) is 18.1. The van der Waals surface area contributed by atoms with Gasteiger partial charge in [0.2, 0.25) is 0 Å². The zero-order chi connectivity index (χ0) is 15.3. The van der Waals surface area contributed by atoms with Crippen molar-refractivity contribution in [3.8, 4) is 5.75 Å². The zero-order valence-electron chi connectivity index (χ0n) is 13.2. The summed E-state index contributed by atoms with van der Waals surface area (Å²) in [6, 6.07) is 6.78. The molecule has 3 nitrogen and oxygen atoms in total. The van der Waals surface area contributed by atoms with Crippen molar-refractivity contribution in [3.63, 3.8) is 0 Å². The Bertz CT molecular complexity index is 455. The number of halogens is 1. The summed E-state index contributed by atoms with van der Waals surface area (Å²) in [7, 11) is 3.55. The van der Waals surface area contributed by atoms with Crippen LogP contribution in [-0.4, -0.2) is 32.4 Å². The Kier molecular flexibility index (Phi) is 6.08. The summed E-state index contributed by atoms with van der Waals surface area (Å²) in [5, 5.41) is 3.61. The van der Waals surface area contributed by atoms with Gasteiger partial charge in [-0.3, -0.25) is 0 Å². The summed E-state index contributed by atoms with van der Waals surface area (Å²) in [4.78, 5) is 0. The molecule has 0 heterocycles. The Morgan fingerprint density at radius 1 is 1.33 bits per heavy atom. The Hall–Kier alpha value is -0.580. The van der Waals surface area contributed by atoms with Gasteiger partial charge in [-0.1, -0.05) is 13.0 Å². The molecule has 1 saturated carbocycles. The van der Waals surface area contributed by atoms with Crippen molar-refractivity contribution in [2.75, 3.05) is 20.8 Å². The highest BCUT2D eigenvalue weighted by atomic mass is 79.9. The molecule has 118 valence electrons. The quantitative estimate of drug-likeness (QED) is 0.765. The predicted octanol–water partition coefficient (Wildman–Crippen LogP) is 3.94. The van der Waals surface area contributed by atoms with Gasteiger partial charge in [-0.2, -0.15) is 0 Å². The molecule has 1 aliphatic carbocycles. The van der Waals surface area contributed by atoms with Crippen LogP contribution in [0.15, 0.2) is 22.7 Å². The first-order valence-corrected chi connectivity index (χ1v) is 8.52. The van der Waals surface area contributed by atoms with Gasteiger partial charge in [0.25, 0.3) is 0 Å².